The average Bonchev–Trinajstić information content (AvgIpc) is 2.72. The van der Waals surface area contributed by atoms with Crippen LogP contribution in [0.15, 0.2) is 15.9 Å². The third-order valence-electron chi connectivity index (χ3n) is 3.38. The molecular formula is C12H15BrF3NS. The zero-order chi connectivity index (χ0) is 13.2. The number of thiophene rings is 1. The van der Waals surface area contributed by atoms with Crippen LogP contribution in [-0.2, 0) is 6.54 Å². The molecule has 0 amide bonds. The third-order valence-corrected chi connectivity index (χ3v) is 5.07. The van der Waals surface area contributed by atoms with Gasteiger partial charge in [0.15, 0.2) is 0 Å². The highest BCUT2D eigenvalue weighted by molar-refractivity contribution is 9.10. The van der Waals surface area contributed by atoms with E-state index < -0.39 is 12.1 Å². The minimum absolute atomic E-state index is 0.226. The largest absolute Gasteiger partial charge is 0.391 e. The van der Waals surface area contributed by atoms with Crippen molar-refractivity contribution < 1.29 is 13.2 Å². The van der Waals surface area contributed by atoms with E-state index in [1.54, 1.807) is 11.3 Å². The molecule has 1 fully saturated rings. The second-order valence-corrected chi connectivity index (χ2v) is 6.61. The van der Waals surface area contributed by atoms with Crippen LogP contribution in [-0.4, -0.2) is 12.2 Å². The maximum absolute atomic E-state index is 12.5. The van der Waals surface area contributed by atoms with Crippen molar-refractivity contribution in [2.45, 2.75) is 44.4 Å². The fraction of sp³-hybridized carbons (Fsp3) is 0.667. The summed E-state index contributed by atoms with van der Waals surface area (Å²) in [5, 5.41) is 5.36. The Morgan fingerprint density at radius 1 is 1.28 bits per heavy atom. The predicted molar refractivity (Wildman–Crippen MR) is 70.7 cm³/mol. The Morgan fingerprint density at radius 3 is 2.44 bits per heavy atom. The zero-order valence-corrected chi connectivity index (χ0v) is 12.2. The van der Waals surface area contributed by atoms with E-state index in [2.05, 4.69) is 21.2 Å². The van der Waals surface area contributed by atoms with Gasteiger partial charge in [-0.05, 0) is 47.7 Å². The fourth-order valence-electron chi connectivity index (χ4n) is 2.32. The van der Waals surface area contributed by atoms with Gasteiger partial charge in [0.05, 0.1) is 5.92 Å². The van der Waals surface area contributed by atoms with Gasteiger partial charge in [-0.3, -0.25) is 0 Å². The minimum Gasteiger partial charge on any atom is -0.309 e. The van der Waals surface area contributed by atoms with Crippen LogP contribution in [0.1, 0.15) is 30.6 Å². The van der Waals surface area contributed by atoms with Crippen molar-refractivity contribution in [3.05, 3.63) is 20.8 Å². The summed E-state index contributed by atoms with van der Waals surface area (Å²) in [4.78, 5) is 1.21. The third kappa shape index (κ3) is 3.96. The Bertz CT molecular complexity index is 383. The SMILES string of the molecule is FC(F)(F)C1CCC(NCc2cc(Br)cs2)CC1. The molecule has 0 atom stereocenters. The molecule has 1 aliphatic carbocycles. The summed E-state index contributed by atoms with van der Waals surface area (Å²) in [5.74, 6) is -1.09. The number of halogens is 4. The van der Waals surface area contributed by atoms with E-state index in [0.29, 0.717) is 12.8 Å². The van der Waals surface area contributed by atoms with Crippen LogP contribution in [0, 0.1) is 5.92 Å². The molecule has 2 rings (SSSR count). The lowest BCUT2D eigenvalue weighted by molar-refractivity contribution is -0.182. The Hall–Kier alpha value is -0.0700. The van der Waals surface area contributed by atoms with Gasteiger partial charge < -0.3 is 5.32 Å². The van der Waals surface area contributed by atoms with Gasteiger partial charge in [-0.1, -0.05) is 0 Å². The van der Waals surface area contributed by atoms with Gasteiger partial charge >= 0.3 is 6.18 Å². The summed E-state index contributed by atoms with van der Waals surface area (Å²) >= 11 is 5.04. The number of nitrogens with one attached hydrogen (secondary N) is 1. The highest BCUT2D eigenvalue weighted by Crippen LogP contribution is 2.37. The molecule has 0 saturated heterocycles. The van der Waals surface area contributed by atoms with Gasteiger partial charge in [-0.15, -0.1) is 11.3 Å². The van der Waals surface area contributed by atoms with Gasteiger partial charge in [0.25, 0.3) is 0 Å². The highest BCUT2D eigenvalue weighted by Gasteiger charge is 2.41. The maximum atomic E-state index is 12.5. The number of hydrogen-bond donors (Lipinski definition) is 1. The summed E-state index contributed by atoms with van der Waals surface area (Å²) in [6.07, 6.45) is -2.25. The molecule has 1 saturated carbocycles. The van der Waals surface area contributed by atoms with E-state index in [4.69, 9.17) is 0 Å². The molecule has 0 aromatic carbocycles. The summed E-state index contributed by atoms with van der Waals surface area (Å²) < 4.78 is 38.6. The molecule has 0 bridgehead atoms. The molecule has 1 N–H and O–H groups in total. The normalized spacial score (nSPS) is 25.3. The van der Waals surface area contributed by atoms with Crippen LogP contribution in [0.3, 0.4) is 0 Å². The fourth-order valence-corrected chi connectivity index (χ4v) is 3.72. The van der Waals surface area contributed by atoms with E-state index in [9.17, 15) is 13.2 Å². The van der Waals surface area contributed by atoms with Crippen molar-refractivity contribution in [2.24, 2.45) is 5.92 Å². The molecule has 102 valence electrons. The van der Waals surface area contributed by atoms with Crippen LogP contribution >= 0.6 is 27.3 Å². The smallest absolute Gasteiger partial charge is 0.309 e. The topological polar surface area (TPSA) is 12.0 Å². The Balaban J connectivity index is 1.74. The van der Waals surface area contributed by atoms with Crippen LogP contribution in [0.25, 0.3) is 0 Å². The summed E-state index contributed by atoms with van der Waals surface area (Å²) in [7, 11) is 0. The first-order valence-corrected chi connectivity index (χ1v) is 7.65. The number of alkyl halides is 3. The van der Waals surface area contributed by atoms with Crippen LogP contribution in [0.5, 0.6) is 0 Å². The van der Waals surface area contributed by atoms with Gasteiger partial charge in [-0.25, -0.2) is 0 Å². The van der Waals surface area contributed by atoms with Gasteiger partial charge in [0, 0.05) is 27.3 Å². The summed E-state index contributed by atoms with van der Waals surface area (Å²) in [5.41, 5.74) is 0. The molecule has 18 heavy (non-hydrogen) atoms. The van der Waals surface area contributed by atoms with E-state index in [0.717, 1.165) is 11.0 Å². The molecule has 1 nitrogen and oxygen atoms in total. The molecule has 1 aromatic rings. The van der Waals surface area contributed by atoms with E-state index in [-0.39, 0.29) is 18.9 Å². The molecule has 0 radical (unpaired) electrons. The Kier molecular flexibility index (Phi) is 4.72. The van der Waals surface area contributed by atoms with Gasteiger partial charge in [0.2, 0.25) is 0 Å². The van der Waals surface area contributed by atoms with Crippen molar-refractivity contribution in [2.75, 3.05) is 0 Å². The van der Waals surface area contributed by atoms with Crippen LogP contribution < -0.4 is 5.32 Å². The summed E-state index contributed by atoms with van der Waals surface area (Å²) in [6, 6.07) is 2.27. The summed E-state index contributed by atoms with van der Waals surface area (Å²) in [6.45, 7) is 0.748. The first kappa shape index (κ1) is 14.3. The maximum Gasteiger partial charge on any atom is 0.391 e. The minimum atomic E-state index is -4.01. The predicted octanol–water partition coefficient (Wildman–Crippen LogP) is 4.72. The van der Waals surface area contributed by atoms with Crippen LogP contribution in [0.2, 0.25) is 0 Å². The van der Waals surface area contributed by atoms with Crippen molar-refractivity contribution in [3.63, 3.8) is 0 Å². The lowest BCUT2D eigenvalue weighted by Crippen LogP contribution is -2.36. The van der Waals surface area contributed by atoms with Crippen molar-refractivity contribution in [1.29, 1.82) is 0 Å². The highest BCUT2D eigenvalue weighted by atomic mass is 79.9. The lowest BCUT2D eigenvalue weighted by atomic mass is 9.85. The Labute approximate surface area is 117 Å². The van der Waals surface area contributed by atoms with E-state index >= 15 is 0 Å². The Morgan fingerprint density at radius 2 is 1.94 bits per heavy atom. The number of hydrogen-bond acceptors (Lipinski definition) is 2. The zero-order valence-electron chi connectivity index (χ0n) is 9.77. The van der Waals surface area contributed by atoms with Crippen molar-refractivity contribution >= 4 is 27.3 Å². The molecule has 6 heteroatoms. The van der Waals surface area contributed by atoms with E-state index in [1.165, 1.54) is 4.88 Å². The quantitative estimate of drug-likeness (QED) is 0.838. The first-order valence-electron chi connectivity index (χ1n) is 5.98. The monoisotopic (exact) mass is 341 g/mol. The molecular weight excluding hydrogens is 327 g/mol. The molecule has 1 heterocycles. The molecule has 1 aromatic heterocycles. The van der Waals surface area contributed by atoms with Crippen molar-refractivity contribution in [1.82, 2.24) is 5.32 Å². The molecule has 0 aliphatic heterocycles. The van der Waals surface area contributed by atoms with Gasteiger partial charge in [0.1, 0.15) is 0 Å². The molecule has 0 spiro atoms. The molecule has 1 aliphatic rings. The van der Waals surface area contributed by atoms with Crippen LogP contribution in [0.4, 0.5) is 13.2 Å². The molecule has 0 unspecified atom stereocenters. The standard InChI is InChI=1S/C12H15BrF3NS/c13-9-5-11(18-7-9)6-17-10-3-1-8(2-4-10)12(14,15)16/h5,7-8,10,17H,1-4,6H2. The van der Waals surface area contributed by atoms with E-state index in [1.807, 2.05) is 11.4 Å². The second kappa shape index (κ2) is 5.92. The van der Waals surface area contributed by atoms with Crippen molar-refractivity contribution in [3.8, 4) is 0 Å². The number of rotatable bonds is 3. The lowest BCUT2D eigenvalue weighted by Gasteiger charge is -2.30. The van der Waals surface area contributed by atoms with Gasteiger partial charge in [-0.2, -0.15) is 13.2 Å². The second-order valence-electron chi connectivity index (χ2n) is 4.70. The first-order chi connectivity index (χ1) is 8.45. The average molecular weight is 342 g/mol.